The fraction of sp³-hybridized carbons (Fsp3) is 0.419. The minimum Gasteiger partial charge on any atom is -0.486 e. The van der Waals surface area contributed by atoms with Crippen LogP contribution in [-0.2, 0) is 28.0 Å². The molecule has 1 aromatic heterocycles. The second kappa shape index (κ2) is 9.90. The van der Waals surface area contributed by atoms with Gasteiger partial charge >= 0.3 is 5.97 Å². The highest BCUT2D eigenvalue weighted by Crippen LogP contribution is 2.62. The maximum Gasteiger partial charge on any atom is 0.307 e. The number of nitrogens with zero attached hydrogens (tertiary/aromatic N) is 1. The van der Waals surface area contributed by atoms with Gasteiger partial charge in [0.1, 0.15) is 12.4 Å². The van der Waals surface area contributed by atoms with E-state index in [1.807, 2.05) is 39.0 Å². The molecule has 0 bridgehead atoms. The standard InChI is InChI=1S/C31H33F2NO5/c1-30(2,3)28(38-5)21-12-17(6-8-19(21)20-13-25(37-4)34-15-23(20)32)16-39-24-9-7-18-10-11-31(26(18)27(24)33)14-22(31)29(35)36/h6-9,12-13,15,22,28H,10-11,14,16H2,1-5H3,(H,35,36)/t22-,28+,31+/m0/s1. The maximum absolute atomic E-state index is 15.7. The maximum atomic E-state index is 15.7. The zero-order chi connectivity index (χ0) is 28.1. The molecule has 1 N–H and O–H groups in total. The molecule has 0 radical (unpaired) electrons. The fourth-order valence-electron chi connectivity index (χ4n) is 6.13. The lowest BCUT2D eigenvalue weighted by Crippen LogP contribution is -2.21. The van der Waals surface area contributed by atoms with Gasteiger partial charge in [-0.1, -0.05) is 39.0 Å². The minimum absolute atomic E-state index is 0.0705. The Balaban J connectivity index is 1.48. The Bertz CT molecular complexity index is 1430. The first-order valence-corrected chi connectivity index (χ1v) is 13.0. The van der Waals surface area contributed by atoms with E-state index in [-0.39, 0.29) is 23.9 Å². The van der Waals surface area contributed by atoms with Crippen LogP contribution in [0.1, 0.15) is 62.0 Å². The number of fused-ring (bicyclic) bond motifs is 2. The van der Waals surface area contributed by atoms with Crippen molar-refractivity contribution in [1.29, 1.82) is 0 Å². The summed E-state index contributed by atoms with van der Waals surface area (Å²) in [6.45, 7) is 6.18. The number of aryl methyl sites for hydroxylation is 1. The van der Waals surface area contributed by atoms with Gasteiger partial charge in [0.2, 0.25) is 5.88 Å². The molecule has 3 aromatic rings. The van der Waals surface area contributed by atoms with E-state index in [0.29, 0.717) is 41.8 Å². The molecule has 6 nitrogen and oxygen atoms in total. The lowest BCUT2D eigenvalue weighted by molar-refractivity contribution is -0.139. The molecule has 8 heteroatoms. The van der Waals surface area contributed by atoms with Gasteiger partial charge in [0.25, 0.3) is 0 Å². The van der Waals surface area contributed by atoms with Gasteiger partial charge in [0.15, 0.2) is 11.6 Å². The van der Waals surface area contributed by atoms with Gasteiger partial charge in [0.05, 0.1) is 25.3 Å². The SMILES string of the molecule is COc1cc(-c2ccc(COc3ccc4c(c3F)[C@]3(CC4)C[C@H]3C(=O)O)cc2[C@@H](OC)C(C)(C)C)c(F)cn1. The monoisotopic (exact) mass is 537 g/mol. The Morgan fingerprint density at radius 3 is 2.56 bits per heavy atom. The van der Waals surface area contributed by atoms with E-state index in [0.717, 1.165) is 22.9 Å². The summed E-state index contributed by atoms with van der Waals surface area (Å²) in [7, 11) is 3.09. The minimum atomic E-state index is -0.879. The van der Waals surface area contributed by atoms with Gasteiger partial charge in [-0.2, -0.15) is 0 Å². The van der Waals surface area contributed by atoms with Crippen molar-refractivity contribution in [3.05, 3.63) is 76.5 Å². The van der Waals surface area contributed by atoms with Crippen LogP contribution in [0.4, 0.5) is 8.78 Å². The second-order valence-electron chi connectivity index (χ2n) is 11.6. The highest BCUT2D eigenvalue weighted by Gasteiger charge is 2.63. The molecule has 0 aliphatic heterocycles. The van der Waals surface area contributed by atoms with Gasteiger partial charge in [0, 0.05) is 29.7 Å². The van der Waals surface area contributed by atoms with Gasteiger partial charge in [-0.15, -0.1) is 0 Å². The molecule has 0 saturated heterocycles. The number of rotatable bonds is 8. The summed E-state index contributed by atoms with van der Waals surface area (Å²) in [5.74, 6) is -1.99. The smallest absolute Gasteiger partial charge is 0.307 e. The highest BCUT2D eigenvalue weighted by molar-refractivity contribution is 5.78. The predicted molar refractivity (Wildman–Crippen MR) is 142 cm³/mol. The largest absolute Gasteiger partial charge is 0.486 e. The Labute approximate surface area is 226 Å². The molecular formula is C31H33F2NO5. The summed E-state index contributed by atoms with van der Waals surface area (Å²) in [5, 5.41) is 9.52. The van der Waals surface area contributed by atoms with E-state index in [1.165, 1.54) is 7.11 Å². The first-order chi connectivity index (χ1) is 18.5. The first kappa shape index (κ1) is 27.1. The molecule has 2 aliphatic rings. The van der Waals surface area contributed by atoms with Crippen LogP contribution in [0, 0.1) is 23.0 Å². The lowest BCUT2D eigenvalue weighted by atomic mass is 9.81. The topological polar surface area (TPSA) is 77.9 Å². The average Bonchev–Trinajstić information content (AvgIpc) is 3.50. The quantitative estimate of drug-likeness (QED) is 0.347. The van der Waals surface area contributed by atoms with Crippen molar-refractivity contribution in [3.8, 4) is 22.8 Å². The van der Waals surface area contributed by atoms with Crippen LogP contribution in [0.25, 0.3) is 11.1 Å². The van der Waals surface area contributed by atoms with E-state index >= 15 is 4.39 Å². The van der Waals surface area contributed by atoms with E-state index in [1.54, 1.807) is 25.3 Å². The van der Waals surface area contributed by atoms with Crippen LogP contribution in [-0.4, -0.2) is 30.3 Å². The predicted octanol–water partition coefficient (Wildman–Crippen LogP) is 6.64. The third kappa shape index (κ3) is 4.75. The van der Waals surface area contributed by atoms with Crippen molar-refractivity contribution in [1.82, 2.24) is 4.98 Å². The number of hydrogen-bond acceptors (Lipinski definition) is 5. The van der Waals surface area contributed by atoms with E-state index < -0.39 is 28.9 Å². The molecule has 206 valence electrons. The molecule has 0 amide bonds. The molecule has 5 rings (SSSR count). The molecular weight excluding hydrogens is 504 g/mol. The van der Waals surface area contributed by atoms with E-state index in [4.69, 9.17) is 14.2 Å². The molecule has 3 atom stereocenters. The Morgan fingerprint density at radius 1 is 1.15 bits per heavy atom. The molecule has 1 heterocycles. The Kier molecular flexibility index (Phi) is 6.87. The first-order valence-electron chi connectivity index (χ1n) is 13.0. The number of aromatic nitrogens is 1. The van der Waals surface area contributed by atoms with Crippen LogP contribution in [0.5, 0.6) is 11.6 Å². The molecule has 1 saturated carbocycles. The molecule has 39 heavy (non-hydrogen) atoms. The van der Waals surface area contributed by atoms with Crippen molar-refractivity contribution in [2.75, 3.05) is 14.2 Å². The third-order valence-electron chi connectivity index (χ3n) is 8.05. The van der Waals surface area contributed by atoms with Crippen molar-refractivity contribution in [3.63, 3.8) is 0 Å². The summed E-state index contributed by atoms with van der Waals surface area (Å²) in [4.78, 5) is 15.6. The number of halogens is 2. The number of aliphatic carboxylic acids is 1. The number of methoxy groups -OCH3 is 2. The zero-order valence-electron chi connectivity index (χ0n) is 22.8. The van der Waals surface area contributed by atoms with Crippen molar-refractivity contribution >= 4 is 5.97 Å². The Morgan fingerprint density at radius 2 is 1.92 bits per heavy atom. The number of carbonyl (C=O) groups is 1. The molecule has 0 unspecified atom stereocenters. The number of carboxylic acid groups (broad SMARTS) is 1. The number of hydrogen-bond donors (Lipinski definition) is 1. The summed E-state index contributed by atoms with van der Waals surface area (Å²) >= 11 is 0. The van der Waals surface area contributed by atoms with Crippen LogP contribution in [0.3, 0.4) is 0 Å². The molecule has 1 fully saturated rings. The zero-order valence-corrected chi connectivity index (χ0v) is 22.8. The van der Waals surface area contributed by atoms with Crippen LogP contribution < -0.4 is 9.47 Å². The lowest BCUT2D eigenvalue weighted by Gasteiger charge is -2.32. The van der Waals surface area contributed by atoms with Crippen molar-refractivity contribution < 1.29 is 32.9 Å². The van der Waals surface area contributed by atoms with Crippen molar-refractivity contribution in [2.24, 2.45) is 11.3 Å². The van der Waals surface area contributed by atoms with Gasteiger partial charge in [-0.3, -0.25) is 4.79 Å². The summed E-state index contributed by atoms with van der Waals surface area (Å²) < 4.78 is 47.7. The third-order valence-corrected chi connectivity index (χ3v) is 8.05. The Hall–Kier alpha value is -3.52. The summed E-state index contributed by atoms with van der Waals surface area (Å²) in [6, 6.07) is 10.5. The fourth-order valence-corrected chi connectivity index (χ4v) is 6.13. The van der Waals surface area contributed by atoms with Crippen LogP contribution in [0.15, 0.2) is 42.6 Å². The molecule has 2 aromatic carbocycles. The van der Waals surface area contributed by atoms with Gasteiger partial charge < -0.3 is 19.3 Å². The normalized spacial score (nSPS) is 20.5. The molecule has 1 spiro atoms. The van der Waals surface area contributed by atoms with Gasteiger partial charge in [-0.25, -0.2) is 13.8 Å². The molecule has 2 aliphatic carbocycles. The van der Waals surface area contributed by atoms with E-state index in [2.05, 4.69) is 4.98 Å². The van der Waals surface area contributed by atoms with E-state index in [9.17, 15) is 14.3 Å². The number of ether oxygens (including phenoxy) is 3. The number of pyridine rings is 1. The summed E-state index contributed by atoms with van der Waals surface area (Å²) in [6.07, 6.45) is 2.52. The van der Waals surface area contributed by atoms with Crippen molar-refractivity contribution in [2.45, 2.75) is 58.2 Å². The highest BCUT2D eigenvalue weighted by atomic mass is 19.1. The average molecular weight is 538 g/mol. The van der Waals surface area contributed by atoms with Crippen LogP contribution in [0.2, 0.25) is 0 Å². The second-order valence-corrected chi connectivity index (χ2v) is 11.6. The number of carboxylic acids is 1. The van der Waals surface area contributed by atoms with Crippen LogP contribution >= 0.6 is 0 Å². The summed E-state index contributed by atoms with van der Waals surface area (Å²) in [5.41, 5.74) is 2.91. The van der Waals surface area contributed by atoms with Gasteiger partial charge in [-0.05, 0) is 59.1 Å². The number of benzene rings is 2.